The van der Waals surface area contributed by atoms with E-state index < -0.39 is 0 Å². The number of furan rings is 1. The zero-order chi connectivity index (χ0) is 22.3. The monoisotopic (exact) mass is 442 g/mol. The summed E-state index contributed by atoms with van der Waals surface area (Å²) in [7, 11) is 2.12. The van der Waals surface area contributed by atoms with Crippen molar-refractivity contribution in [2.24, 2.45) is 10.9 Å². The zero-order valence-corrected chi connectivity index (χ0v) is 19.3. The molecule has 1 fully saturated rings. The Bertz CT molecular complexity index is 746. The Balaban J connectivity index is 1.35. The quantitative estimate of drug-likeness (QED) is 0.266. The fourth-order valence-corrected chi connectivity index (χ4v) is 3.59. The Labute approximate surface area is 192 Å². The Hall–Kier alpha value is -2.51. The van der Waals surface area contributed by atoms with Crippen LogP contribution < -0.4 is 15.5 Å². The third kappa shape index (κ3) is 9.32. The molecular formula is C25H38N4O3. The Morgan fingerprint density at radius 3 is 2.78 bits per heavy atom. The molecule has 32 heavy (non-hydrogen) atoms. The summed E-state index contributed by atoms with van der Waals surface area (Å²) >= 11 is 0. The van der Waals surface area contributed by atoms with Crippen molar-refractivity contribution in [3.63, 3.8) is 0 Å². The Morgan fingerprint density at radius 2 is 2.00 bits per heavy atom. The molecular weight excluding hydrogens is 404 g/mol. The third-order valence-corrected chi connectivity index (χ3v) is 5.50. The number of nitrogens with one attached hydrogen (secondary N) is 2. The minimum Gasteiger partial charge on any atom is -0.469 e. The predicted octanol–water partition coefficient (Wildman–Crippen LogP) is 3.33. The van der Waals surface area contributed by atoms with Gasteiger partial charge in [0.25, 0.3) is 0 Å². The second-order valence-corrected chi connectivity index (χ2v) is 8.18. The normalized spacial score (nSPS) is 16.3. The van der Waals surface area contributed by atoms with Crippen molar-refractivity contribution in [2.75, 3.05) is 64.6 Å². The molecule has 176 valence electrons. The van der Waals surface area contributed by atoms with Gasteiger partial charge < -0.3 is 29.4 Å². The van der Waals surface area contributed by atoms with E-state index in [9.17, 15) is 0 Å². The number of aliphatic imine (C=N–C) groups is 1. The van der Waals surface area contributed by atoms with Crippen LogP contribution in [0.3, 0.4) is 0 Å². The molecule has 1 aliphatic rings. The molecule has 0 radical (unpaired) electrons. The molecule has 0 amide bonds. The first kappa shape index (κ1) is 24.1. The van der Waals surface area contributed by atoms with Crippen molar-refractivity contribution in [1.29, 1.82) is 0 Å². The summed E-state index contributed by atoms with van der Waals surface area (Å²) in [4.78, 5) is 7.03. The van der Waals surface area contributed by atoms with Gasteiger partial charge in [-0.2, -0.15) is 0 Å². The van der Waals surface area contributed by atoms with Crippen LogP contribution in [-0.2, 0) is 15.9 Å². The summed E-state index contributed by atoms with van der Waals surface area (Å²) in [5.74, 6) is 2.39. The molecule has 3 rings (SSSR count). The largest absolute Gasteiger partial charge is 0.469 e. The van der Waals surface area contributed by atoms with Gasteiger partial charge in [0.05, 0.1) is 19.5 Å². The van der Waals surface area contributed by atoms with Crippen molar-refractivity contribution < 1.29 is 13.9 Å². The highest BCUT2D eigenvalue weighted by atomic mass is 16.5. The molecule has 0 saturated carbocycles. The summed E-state index contributed by atoms with van der Waals surface area (Å²) in [6.07, 6.45) is 5.60. The standard InChI is InChI=1S/C25H38N4O3/c1-29(23-8-3-2-4-9-23)16-6-13-26-25(28-15-11-24-10-5-18-32-24)27-14-7-17-30-20-22-12-19-31-21-22/h2-5,8-10,18,22H,6-7,11-17,19-21H2,1H3,(H2,26,27,28). The van der Waals surface area contributed by atoms with E-state index >= 15 is 0 Å². The lowest BCUT2D eigenvalue weighted by Gasteiger charge is -2.18. The molecule has 2 N–H and O–H groups in total. The van der Waals surface area contributed by atoms with Gasteiger partial charge in [-0.25, -0.2) is 0 Å². The van der Waals surface area contributed by atoms with Crippen molar-refractivity contribution in [1.82, 2.24) is 10.6 Å². The summed E-state index contributed by atoms with van der Waals surface area (Å²) in [6.45, 7) is 6.62. The molecule has 7 nitrogen and oxygen atoms in total. The van der Waals surface area contributed by atoms with Crippen molar-refractivity contribution >= 4 is 11.6 Å². The predicted molar refractivity (Wildman–Crippen MR) is 129 cm³/mol. The van der Waals surface area contributed by atoms with Crippen LogP contribution in [0.4, 0.5) is 5.69 Å². The zero-order valence-electron chi connectivity index (χ0n) is 19.3. The molecule has 0 bridgehead atoms. The summed E-state index contributed by atoms with van der Waals surface area (Å²) in [5.41, 5.74) is 1.23. The number of benzene rings is 1. The summed E-state index contributed by atoms with van der Waals surface area (Å²) < 4.78 is 16.6. The molecule has 1 aromatic carbocycles. The topological polar surface area (TPSA) is 71.3 Å². The maximum absolute atomic E-state index is 5.80. The fraction of sp³-hybridized carbons (Fsp3) is 0.560. The van der Waals surface area contributed by atoms with Gasteiger partial charge in [0.15, 0.2) is 5.96 Å². The Kier molecular flexibility index (Phi) is 11.0. The SMILES string of the molecule is CN(CCCN=C(NCCCOCC1CCOC1)NCCc1ccco1)c1ccccc1. The van der Waals surface area contributed by atoms with E-state index in [2.05, 4.69) is 46.8 Å². The van der Waals surface area contributed by atoms with Crippen LogP contribution in [0.25, 0.3) is 0 Å². The minimum atomic E-state index is 0.567. The number of ether oxygens (including phenoxy) is 2. The van der Waals surface area contributed by atoms with E-state index in [-0.39, 0.29) is 0 Å². The van der Waals surface area contributed by atoms with E-state index in [0.29, 0.717) is 5.92 Å². The van der Waals surface area contributed by atoms with Crippen molar-refractivity contribution in [3.05, 3.63) is 54.5 Å². The minimum absolute atomic E-state index is 0.567. The molecule has 1 atom stereocenters. The van der Waals surface area contributed by atoms with Gasteiger partial charge >= 0.3 is 0 Å². The molecule has 7 heteroatoms. The molecule has 0 aliphatic carbocycles. The molecule has 2 aromatic rings. The first-order valence-electron chi connectivity index (χ1n) is 11.8. The highest BCUT2D eigenvalue weighted by molar-refractivity contribution is 5.79. The molecule has 1 unspecified atom stereocenters. The van der Waals surface area contributed by atoms with Crippen molar-refractivity contribution in [2.45, 2.75) is 25.7 Å². The molecule has 1 aromatic heterocycles. The lowest BCUT2D eigenvalue weighted by molar-refractivity contribution is 0.0888. The van der Waals surface area contributed by atoms with E-state index in [1.165, 1.54) is 5.69 Å². The molecule has 0 spiro atoms. The number of nitrogens with zero attached hydrogens (tertiary/aromatic N) is 2. The average Bonchev–Trinajstić information content (AvgIpc) is 3.53. The highest BCUT2D eigenvalue weighted by Crippen LogP contribution is 2.12. The number of guanidine groups is 1. The molecule has 2 heterocycles. The maximum Gasteiger partial charge on any atom is 0.191 e. The average molecular weight is 443 g/mol. The van der Waals surface area contributed by atoms with Crippen LogP contribution in [0.1, 0.15) is 25.0 Å². The van der Waals surface area contributed by atoms with Gasteiger partial charge in [-0.15, -0.1) is 0 Å². The second kappa shape index (κ2) is 14.5. The number of hydrogen-bond donors (Lipinski definition) is 2. The van der Waals surface area contributed by atoms with Crippen LogP contribution in [-0.4, -0.2) is 65.6 Å². The van der Waals surface area contributed by atoms with Crippen LogP contribution in [0.15, 0.2) is 58.1 Å². The molecule has 1 aliphatic heterocycles. The number of anilines is 1. The third-order valence-electron chi connectivity index (χ3n) is 5.50. The summed E-state index contributed by atoms with van der Waals surface area (Å²) in [5, 5.41) is 6.86. The number of hydrogen-bond acceptors (Lipinski definition) is 5. The van der Waals surface area contributed by atoms with Gasteiger partial charge in [-0.05, 0) is 43.5 Å². The fourth-order valence-electron chi connectivity index (χ4n) is 3.59. The van der Waals surface area contributed by atoms with Gasteiger partial charge in [-0.1, -0.05) is 18.2 Å². The van der Waals surface area contributed by atoms with E-state index in [0.717, 1.165) is 90.0 Å². The lowest BCUT2D eigenvalue weighted by atomic mass is 10.1. The van der Waals surface area contributed by atoms with Gasteiger partial charge in [-0.3, -0.25) is 4.99 Å². The van der Waals surface area contributed by atoms with E-state index in [1.807, 2.05) is 18.2 Å². The van der Waals surface area contributed by atoms with Gasteiger partial charge in [0, 0.05) is 64.5 Å². The smallest absolute Gasteiger partial charge is 0.191 e. The van der Waals surface area contributed by atoms with Crippen LogP contribution in [0.5, 0.6) is 0 Å². The highest BCUT2D eigenvalue weighted by Gasteiger charge is 2.15. The van der Waals surface area contributed by atoms with Gasteiger partial charge in [0.2, 0.25) is 0 Å². The second-order valence-electron chi connectivity index (χ2n) is 8.18. The summed E-state index contributed by atoms with van der Waals surface area (Å²) in [6, 6.07) is 14.4. The van der Waals surface area contributed by atoms with E-state index in [1.54, 1.807) is 6.26 Å². The molecule has 1 saturated heterocycles. The van der Waals surface area contributed by atoms with Crippen LogP contribution in [0.2, 0.25) is 0 Å². The first-order valence-corrected chi connectivity index (χ1v) is 11.8. The lowest BCUT2D eigenvalue weighted by Crippen LogP contribution is -2.39. The van der Waals surface area contributed by atoms with Gasteiger partial charge in [0.1, 0.15) is 5.76 Å². The van der Waals surface area contributed by atoms with E-state index in [4.69, 9.17) is 18.9 Å². The number of para-hydroxylation sites is 1. The number of rotatable bonds is 14. The van der Waals surface area contributed by atoms with Crippen molar-refractivity contribution in [3.8, 4) is 0 Å². The maximum atomic E-state index is 5.80. The van der Waals surface area contributed by atoms with Crippen LogP contribution in [0, 0.1) is 5.92 Å². The first-order chi connectivity index (χ1) is 15.8. The Morgan fingerprint density at radius 1 is 1.12 bits per heavy atom. The van der Waals surface area contributed by atoms with Crippen LogP contribution >= 0.6 is 0 Å².